The van der Waals surface area contributed by atoms with Gasteiger partial charge < -0.3 is 10.2 Å². The Balaban J connectivity index is 2.37. The maximum Gasteiger partial charge on any atom is 0.254 e. The molecule has 0 saturated heterocycles. The molecule has 19 heavy (non-hydrogen) atoms. The highest BCUT2D eigenvalue weighted by Gasteiger charge is 2.12. The molecule has 0 aliphatic rings. The predicted molar refractivity (Wildman–Crippen MR) is 77.4 cm³/mol. The average molecular weight is 266 g/mol. The van der Waals surface area contributed by atoms with E-state index in [9.17, 15) is 4.79 Å². The van der Waals surface area contributed by atoms with Crippen LogP contribution >= 0.6 is 0 Å². The lowest BCUT2D eigenvalue weighted by atomic mass is 10.2. The molecule has 1 rings (SSSR count). The SMILES string of the molecule is CCN(CC)CCCNC(=O)c1cnn(CC)c1C. The highest BCUT2D eigenvalue weighted by molar-refractivity contribution is 5.94. The van der Waals surface area contributed by atoms with Crippen LogP contribution in [-0.2, 0) is 6.54 Å². The fourth-order valence-corrected chi connectivity index (χ4v) is 2.13. The van der Waals surface area contributed by atoms with Crippen molar-refractivity contribution in [2.45, 2.75) is 40.7 Å². The first-order valence-corrected chi connectivity index (χ1v) is 7.16. The second-order valence-corrected chi connectivity index (χ2v) is 4.60. The van der Waals surface area contributed by atoms with Gasteiger partial charge in [0.1, 0.15) is 0 Å². The molecular formula is C14H26N4O. The summed E-state index contributed by atoms with van der Waals surface area (Å²) in [5.74, 6) is -0.0169. The van der Waals surface area contributed by atoms with Crippen LogP contribution in [0.5, 0.6) is 0 Å². The van der Waals surface area contributed by atoms with Gasteiger partial charge in [-0.05, 0) is 39.9 Å². The second kappa shape index (κ2) is 7.94. The van der Waals surface area contributed by atoms with E-state index in [0.717, 1.165) is 38.3 Å². The predicted octanol–water partition coefficient (Wildman–Crippen LogP) is 1.67. The standard InChI is InChI=1S/C14H26N4O/c1-5-17(6-2)10-8-9-15-14(19)13-11-16-18(7-3)12(13)4/h11H,5-10H2,1-4H3,(H,15,19). The number of nitrogens with zero attached hydrogens (tertiary/aromatic N) is 3. The zero-order valence-corrected chi connectivity index (χ0v) is 12.6. The van der Waals surface area contributed by atoms with Crippen LogP contribution in [-0.4, -0.2) is 46.8 Å². The van der Waals surface area contributed by atoms with Crippen molar-refractivity contribution in [2.24, 2.45) is 0 Å². The third kappa shape index (κ3) is 4.35. The number of hydrogen-bond donors (Lipinski definition) is 1. The summed E-state index contributed by atoms with van der Waals surface area (Å²) in [6, 6.07) is 0. The van der Waals surface area contributed by atoms with Crippen LogP contribution in [0, 0.1) is 6.92 Å². The van der Waals surface area contributed by atoms with E-state index in [0.29, 0.717) is 12.1 Å². The molecule has 0 atom stereocenters. The van der Waals surface area contributed by atoms with Crippen LogP contribution in [0.15, 0.2) is 6.20 Å². The molecule has 0 spiro atoms. The zero-order chi connectivity index (χ0) is 14.3. The molecule has 0 aliphatic heterocycles. The Morgan fingerprint density at radius 3 is 2.58 bits per heavy atom. The lowest BCUT2D eigenvalue weighted by Gasteiger charge is -2.17. The molecule has 1 N–H and O–H groups in total. The molecule has 5 nitrogen and oxygen atoms in total. The van der Waals surface area contributed by atoms with Gasteiger partial charge in [0.15, 0.2) is 0 Å². The maximum absolute atomic E-state index is 12.0. The van der Waals surface area contributed by atoms with Crippen LogP contribution in [0.2, 0.25) is 0 Å². The van der Waals surface area contributed by atoms with E-state index in [1.54, 1.807) is 6.20 Å². The fraction of sp³-hybridized carbons (Fsp3) is 0.714. The highest BCUT2D eigenvalue weighted by Crippen LogP contribution is 2.06. The first kappa shape index (κ1) is 15.7. The fourth-order valence-electron chi connectivity index (χ4n) is 2.13. The minimum Gasteiger partial charge on any atom is -0.352 e. The summed E-state index contributed by atoms with van der Waals surface area (Å²) in [7, 11) is 0. The number of aryl methyl sites for hydroxylation is 1. The van der Waals surface area contributed by atoms with Gasteiger partial charge >= 0.3 is 0 Å². The first-order valence-electron chi connectivity index (χ1n) is 7.16. The lowest BCUT2D eigenvalue weighted by Crippen LogP contribution is -2.30. The van der Waals surface area contributed by atoms with Crippen molar-refractivity contribution in [1.82, 2.24) is 20.0 Å². The monoisotopic (exact) mass is 266 g/mol. The molecule has 0 aliphatic carbocycles. The smallest absolute Gasteiger partial charge is 0.254 e. The van der Waals surface area contributed by atoms with Crippen LogP contribution in [0.4, 0.5) is 0 Å². The Morgan fingerprint density at radius 1 is 1.37 bits per heavy atom. The van der Waals surface area contributed by atoms with Gasteiger partial charge in [-0.1, -0.05) is 13.8 Å². The highest BCUT2D eigenvalue weighted by atomic mass is 16.1. The van der Waals surface area contributed by atoms with Gasteiger partial charge in [0, 0.05) is 18.8 Å². The average Bonchev–Trinajstić information content (AvgIpc) is 2.80. The van der Waals surface area contributed by atoms with E-state index >= 15 is 0 Å². The van der Waals surface area contributed by atoms with Crippen molar-refractivity contribution in [2.75, 3.05) is 26.2 Å². The molecular weight excluding hydrogens is 240 g/mol. The van der Waals surface area contributed by atoms with Crippen LogP contribution in [0.3, 0.4) is 0 Å². The van der Waals surface area contributed by atoms with Gasteiger partial charge in [0.05, 0.1) is 11.8 Å². The van der Waals surface area contributed by atoms with Crippen LogP contribution in [0.1, 0.15) is 43.2 Å². The molecule has 0 fully saturated rings. The normalized spacial score (nSPS) is 11.0. The third-order valence-electron chi connectivity index (χ3n) is 3.48. The molecule has 5 heteroatoms. The van der Waals surface area contributed by atoms with E-state index in [4.69, 9.17) is 0 Å². The first-order chi connectivity index (χ1) is 9.13. The zero-order valence-electron chi connectivity index (χ0n) is 12.6. The van der Waals surface area contributed by atoms with Crippen molar-refractivity contribution in [3.05, 3.63) is 17.5 Å². The van der Waals surface area contributed by atoms with Crippen LogP contribution < -0.4 is 5.32 Å². The number of rotatable bonds is 8. The summed E-state index contributed by atoms with van der Waals surface area (Å²) in [6.45, 7) is 12.9. The Bertz CT molecular complexity index is 396. The number of carbonyl (C=O) groups is 1. The van der Waals surface area contributed by atoms with E-state index in [2.05, 4.69) is 29.2 Å². The third-order valence-corrected chi connectivity index (χ3v) is 3.48. The summed E-state index contributed by atoms with van der Waals surface area (Å²) < 4.78 is 1.84. The van der Waals surface area contributed by atoms with Gasteiger partial charge in [-0.3, -0.25) is 9.48 Å². The van der Waals surface area contributed by atoms with Crippen molar-refractivity contribution < 1.29 is 4.79 Å². The minimum atomic E-state index is -0.0169. The molecule has 0 unspecified atom stereocenters. The Kier molecular flexibility index (Phi) is 6.56. The minimum absolute atomic E-state index is 0.0169. The molecule has 1 amide bonds. The molecule has 1 aromatic rings. The van der Waals surface area contributed by atoms with E-state index < -0.39 is 0 Å². The molecule has 1 heterocycles. The number of carbonyl (C=O) groups excluding carboxylic acids is 1. The summed E-state index contributed by atoms with van der Waals surface area (Å²) in [5, 5.41) is 7.15. The number of amides is 1. The number of nitrogens with one attached hydrogen (secondary N) is 1. The molecule has 0 bridgehead atoms. The van der Waals surface area contributed by atoms with Crippen molar-refractivity contribution in [1.29, 1.82) is 0 Å². The largest absolute Gasteiger partial charge is 0.352 e. The Morgan fingerprint density at radius 2 is 2.05 bits per heavy atom. The van der Waals surface area contributed by atoms with Gasteiger partial charge in [0.2, 0.25) is 0 Å². The quantitative estimate of drug-likeness (QED) is 0.728. The number of aromatic nitrogens is 2. The summed E-state index contributed by atoms with van der Waals surface area (Å²) in [6.07, 6.45) is 2.63. The second-order valence-electron chi connectivity index (χ2n) is 4.60. The Hall–Kier alpha value is -1.36. The van der Waals surface area contributed by atoms with E-state index in [-0.39, 0.29) is 5.91 Å². The van der Waals surface area contributed by atoms with E-state index in [1.165, 1.54) is 0 Å². The van der Waals surface area contributed by atoms with Crippen LogP contribution in [0.25, 0.3) is 0 Å². The van der Waals surface area contributed by atoms with Gasteiger partial charge in [-0.2, -0.15) is 5.10 Å². The summed E-state index contributed by atoms with van der Waals surface area (Å²) >= 11 is 0. The maximum atomic E-state index is 12.0. The molecule has 0 saturated carbocycles. The van der Waals surface area contributed by atoms with Gasteiger partial charge in [0.25, 0.3) is 5.91 Å². The van der Waals surface area contributed by atoms with Gasteiger partial charge in [-0.15, -0.1) is 0 Å². The van der Waals surface area contributed by atoms with Crippen molar-refractivity contribution in [3.63, 3.8) is 0 Å². The van der Waals surface area contributed by atoms with Crippen molar-refractivity contribution >= 4 is 5.91 Å². The van der Waals surface area contributed by atoms with E-state index in [1.807, 2.05) is 18.5 Å². The van der Waals surface area contributed by atoms with Gasteiger partial charge in [-0.25, -0.2) is 0 Å². The lowest BCUT2D eigenvalue weighted by molar-refractivity contribution is 0.0951. The Labute approximate surface area is 116 Å². The molecule has 0 radical (unpaired) electrons. The summed E-state index contributed by atoms with van der Waals surface area (Å²) in [5.41, 5.74) is 1.62. The molecule has 0 aromatic carbocycles. The number of hydrogen-bond acceptors (Lipinski definition) is 3. The topological polar surface area (TPSA) is 50.2 Å². The van der Waals surface area contributed by atoms with Crippen molar-refractivity contribution in [3.8, 4) is 0 Å². The molecule has 1 aromatic heterocycles. The molecule has 108 valence electrons. The summed E-state index contributed by atoms with van der Waals surface area (Å²) in [4.78, 5) is 14.4.